The first kappa shape index (κ1) is 21.2. The number of nitrogens with zero attached hydrogens (tertiary/aromatic N) is 2. The van der Waals surface area contributed by atoms with Gasteiger partial charge >= 0.3 is 6.09 Å². The summed E-state index contributed by atoms with van der Waals surface area (Å²) in [5.74, 6) is -0.494. The zero-order chi connectivity index (χ0) is 20.6. The lowest BCUT2D eigenvalue weighted by Crippen LogP contribution is -2.48. The highest BCUT2D eigenvalue weighted by Crippen LogP contribution is 2.54. The standard InChI is InChI=1S/C19H26ClFN4O2/c1-10(23-17(26)27-18(2,3)4)14(12-8-19(12,5)6)24-16-13(21)7-11(9-22)15(20)25-16/h7,10,12,14H,8H2,1-6H3,(H,23,26)(H,24,25)/t10-,12?,14-/m0/s1. The molecule has 1 unspecified atom stereocenters. The van der Waals surface area contributed by atoms with Crippen molar-refractivity contribution in [2.75, 3.05) is 5.32 Å². The Labute approximate surface area is 164 Å². The maximum Gasteiger partial charge on any atom is 0.407 e. The second-order valence-electron chi connectivity index (χ2n) is 8.67. The molecular weight excluding hydrogens is 371 g/mol. The van der Waals surface area contributed by atoms with E-state index in [1.165, 1.54) is 0 Å². The molecule has 1 heterocycles. The number of nitriles is 1. The highest BCUT2D eigenvalue weighted by molar-refractivity contribution is 6.30. The molecule has 0 spiro atoms. The van der Waals surface area contributed by atoms with E-state index < -0.39 is 17.5 Å². The average Bonchev–Trinajstić information content (AvgIpc) is 3.13. The molecule has 0 aromatic carbocycles. The van der Waals surface area contributed by atoms with Crippen LogP contribution in [0.5, 0.6) is 0 Å². The van der Waals surface area contributed by atoms with Crippen LogP contribution in [0.25, 0.3) is 0 Å². The number of alkyl carbamates (subject to hydrolysis) is 1. The van der Waals surface area contributed by atoms with Gasteiger partial charge in [0.05, 0.1) is 11.6 Å². The minimum atomic E-state index is -0.663. The first-order valence-electron chi connectivity index (χ1n) is 8.86. The van der Waals surface area contributed by atoms with Gasteiger partial charge in [0.15, 0.2) is 11.6 Å². The molecule has 1 aliphatic rings. The molecule has 1 fully saturated rings. The molecule has 1 saturated carbocycles. The topological polar surface area (TPSA) is 87.0 Å². The largest absolute Gasteiger partial charge is 0.444 e. The third-order valence-corrected chi connectivity index (χ3v) is 4.95. The van der Waals surface area contributed by atoms with E-state index >= 15 is 0 Å². The van der Waals surface area contributed by atoms with Gasteiger partial charge < -0.3 is 15.4 Å². The molecule has 27 heavy (non-hydrogen) atoms. The number of aromatic nitrogens is 1. The Kier molecular flexibility index (Phi) is 5.91. The average molecular weight is 397 g/mol. The van der Waals surface area contributed by atoms with E-state index in [-0.39, 0.29) is 40.0 Å². The van der Waals surface area contributed by atoms with Gasteiger partial charge in [-0.25, -0.2) is 14.2 Å². The predicted molar refractivity (Wildman–Crippen MR) is 102 cm³/mol. The maximum absolute atomic E-state index is 14.4. The molecule has 2 N–H and O–H groups in total. The number of carbonyl (C=O) groups excluding carboxylic acids is 1. The third-order valence-electron chi connectivity index (χ3n) is 4.66. The van der Waals surface area contributed by atoms with Gasteiger partial charge in [-0.3, -0.25) is 0 Å². The zero-order valence-electron chi connectivity index (χ0n) is 16.5. The van der Waals surface area contributed by atoms with Gasteiger partial charge in [0.1, 0.15) is 16.8 Å². The smallest absolute Gasteiger partial charge is 0.407 e. The Balaban J connectivity index is 2.20. The van der Waals surface area contributed by atoms with Crippen molar-refractivity contribution in [3.05, 3.63) is 22.6 Å². The van der Waals surface area contributed by atoms with Gasteiger partial charge in [0.2, 0.25) is 0 Å². The van der Waals surface area contributed by atoms with Crippen molar-refractivity contribution in [1.29, 1.82) is 5.26 Å². The molecule has 3 atom stereocenters. The van der Waals surface area contributed by atoms with E-state index in [0.717, 1.165) is 12.5 Å². The molecular formula is C19H26ClFN4O2. The molecule has 8 heteroatoms. The molecule has 0 bridgehead atoms. The Hall–Kier alpha value is -2.07. The number of carbonyl (C=O) groups is 1. The minimum absolute atomic E-state index is 0.0250. The van der Waals surface area contributed by atoms with Crippen LogP contribution in [-0.2, 0) is 4.74 Å². The number of hydrogen-bond donors (Lipinski definition) is 2. The van der Waals surface area contributed by atoms with Crippen molar-refractivity contribution in [1.82, 2.24) is 10.3 Å². The Morgan fingerprint density at radius 1 is 1.52 bits per heavy atom. The number of anilines is 1. The summed E-state index contributed by atoms with van der Waals surface area (Å²) in [6.07, 6.45) is 0.392. The lowest BCUT2D eigenvalue weighted by Gasteiger charge is -2.29. The van der Waals surface area contributed by atoms with Crippen LogP contribution in [0.15, 0.2) is 6.07 Å². The van der Waals surface area contributed by atoms with E-state index in [2.05, 4.69) is 29.5 Å². The number of hydrogen-bond acceptors (Lipinski definition) is 5. The maximum atomic E-state index is 14.4. The fourth-order valence-electron chi connectivity index (χ4n) is 3.08. The van der Waals surface area contributed by atoms with Gasteiger partial charge in [0, 0.05) is 6.04 Å². The molecule has 1 amide bonds. The van der Waals surface area contributed by atoms with Crippen LogP contribution in [0, 0.1) is 28.5 Å². The Bertz CT molecular complexity index is 770. The monoisotopic (exact) mass is 396 g/mol. The molecule has 1 aromatic rings. The molecule has 0 aliphatic heterocycles. The van der Waals surface area contributed by atoms with Crippen molar-refractivity contribution in [2.45, 2.75) is 65.6 Å². The van der Waals surface area contributed by atoms with E-state index in [1.54, 1.807) is 26.8 Å². The first-order chi connectivity index (χ1) is 12.3. The van der Waals surface area contributed by atoms with Crippen molar-refractivity contribution in [3.63, 3.8) is 0 Å². The lowest BCUT2D eigenvalue weighted by molar-refractivity contribution is 0.0500. The second-order valence-corrected chi connectivity index (χ2v) is 9.03. The van der Waals surface area contributed by atoms with Crippen LogP contribution in [0.1, 0.15) is 53.5 Å². The summed E-state index contributed by atoms with van der Waals surface area (Å²) in [7, 11) is 0. The highest BCUT2D eigenvalue weighted by atomic mass is 35.5. The molecule has 0 saturated heterocycles. The summed E-state index contributed by atoms with van der Waals surface area (Å²) in [5.41, 5.74) is -0.572. The summed E-state index contributed by atoms with van der Waals surface area (Å²) in [5, 5.41) is 14.8. The lowest BCUT2D eigenvalue weighted by atomic mass is 9.98. The quantitative estimate of drug-likeness (QED) is 0.716. The summed E-state index contributed by atoms with van der Waals surface area (Å²) in [6, 6.07) is 2.23. The SMILES string of the molecule is C[C@H](NC(=O)OC(C)(C)C)[C@H](Nc1nc(Cl)c(C#N)cc1F)C1CC1(C)C. The summed E-state index contributed by atoms with van der Waals surface area (Å²) < 4.78 is 19.7. The summed E-state index contributed by atoms with van der Waals surface area (Å²) >= 11 is 5.94. The van der Waals surface area contributed by atoms with E-state index in [9.17, 15) is 9.18 Å². The van der Waals surface area contributed by atoms with Gasteiger partial charge in [-0.2, -0.15) is 5.26 Å². The number of ether oxygens (including phenoxy) is 1. The van der Waals surface area contributed by atoms with Gasteiger partial charge in [-0.15, -0.1) is 0 Å². The number of nitrogens with one attached hydrogen (secondary N) is 2. The van der Waals surface area contributed by atoms with E-state index in [4.69, 9.17) is 21.6 Å². The first-order valence-corrected chi connectivity index (χ1v) is 9.24. The molecule has 1 aliphatic carbocycles. The predicted octanol–water partition coefficient (Wildman–Crippen LogP) is 4.49. The minimum Gasteiger partial charge on any atom is -0.444 e. The van der Waals surface area contributed by atoms with Crippen LogP contribution in [0.3, 0.4) is 0 Å². The number of amides is 1. The van der Waals surface area contributed by atoms with Crippen LogP contribution in [-0.4, -0.2) is 28.8 Å². The number of rotatable bonds is 5. The highest BCUT2D eigenvalue weighted by Gasteiger charge is 2.52. The van der Waals surface area contributed by atoms with Gasteiger partial charge in [-0.05, 0) is 51.5 Å². The molecule has 148 valence electrons. The molecule has 1 aromatic heterocycles. The van der Waals surface area contributed by atoms with Gasteiger partial charge in [-0.1, -0.05) is 25.4 Å². The normalized spacial score (nSPS) is 20.2. The Morgan fingerprint density at radius 2 is 2.11 bits per heavy atom. The summed E-state index contributed by atoms with van der Waals surface area (Å²) in [4.78, 5) is 16.1. The van der Waals surface area contributed by atoms with Crippen molar-refractivity contribution >= 4 is 23.5 Å². The molecule has 6 nitrogen and oxygen atoms in total. The number of pyridine rings is 1. The second kappa shape index (κ2) is 7.51. The summed E-state index contributed by atoms with van der Waals surface area (Å²) in [6.45, 7) is 11.4. The van der Waals surface area contributed by atoms with Crippen molar-refractivity contribution < 1.29 is 13.9 Å². The molecule has 0 radical (unpaired) electrons. The third kappa shape index (κ3) is 5.46. The van der Waals surface area contributed by atoms with Crippen LogP contribution < -0.4 is 10.6 Å². The van der Waals surface area contributed by atoms with Crippen molar-refractivity contribution in [3.8, 4) is 6.07 Å². The fraction of sp³-hybridized carbons (Fsp3) is 0.632. The van der Waals surface area contributed by atoms with Crippen molar-refractivity contribution in [2.24, 2.45) is 11.3 Å². The van der Waals surface area contributed by atoms with Crippen LogP contribution in [0.2, 0.25) is 5.15 Å². The Morgan fingerprint density at radius 3 is 2.59 bits per heavy atom. The van der Waals surface area contributed by atoms with Crippen LogP contribution >= 0.6 is 11.6 Å². The zero-order valence-corrected chi connectivity index (χ0v) is 17.2. The fourth-order valence-corrected chi connectivity index (χ4v) is 3.26. The van der Waals surface area contributed by atoms with Crippen LogP contribution in [0.4, 0.5) is 15.0 Å². The van der Waals surface area contributed by atoms with Gasteiger partial charge in [0.25, 0.3) is 0 Å². The number of halogens is 2. The van der Waals surface area contributed by atoms with E-state index in [1.807, 2.05) is 6.92 Å². The molecule has 2 rings (SSSR count). The van der Waals surface area contributed by atoms with E-state index in [0.29, 0.717) is 0 Å².